The predicted octanol–water partition coefficient (Wildman–Crippen LogP) is 1.30. The van der Waals surface area contributed by atoms with Crippen molar-refractivity contribution in [3.05, 3.63) is 88.7 Å². The van der Waals surface area contributed by atoms with Crippen LogP contribution in [0.4, 0.5) is 0 Å². The molecule has 0 aromatic heterocycles. The summed E-state index contributed by atoms with van der Waals surface area (Å²) in [6.07, 6.45) is 3.12. The first kappa shape index (κ1) is 29.0. The average Bonchev–Trinajstić information content (AvgIpc) is 3.46. The fourth-order valence-corrected chi connectivity index (χ4v) is 4.34. The third kappa shape index (κ3) is 7.76. The van der Waals surface area contributed by atoms with Gasteiger partial charge in [-0.1, -0.05) is 24.3 Å². The van der Waals surface area contributed by atoms with Crippen LogP contribution in [0.3, 0.4) is 0 Å². The van der Waals surface area contributed by atoms with Gasteiger partial charge in [0.1, 0.15) is 31.7 Å². The van der Waals surface area contributed by atoms with E-state index in [0.717, 1.165) is 5.56 Å². The van der Waals surface area contributed by atoms with Gasteiger partial charge in [-0.05, 0) is 47.5 Å². The predicted molar refractivity (Wildman–Crippen MR) is 143 cm³/mol. The van der Waals surface area contributed by atoms with Gasteiger partial charge >= 0.3 is 5.97 Å². The Morgan fingerprint density at radius 1 is 0.975 bits per heavy atom. The normalized spacial score (nSPS) is 19.9. The van der Waals surface area contributed by atoms with E-state index < -0.39 is 24.3 Å². The minimum Gasteiger partial charge on any atom is -0.499 e. The number of esters is 1. The van der Waals surface area contributed by atoms with Crippen molar-refractivity contribution in [2.75, 3.05) is 33.2 Å². The highest BCUT2D eigenvalue weighted by atomic mass is 16.7. The molecule has 3 unspecified atom stereocenters. The molecule has 0 spiro atoms. The lowest BCUT2D eigenvalue weighted by molar-refractivity contribution is -0.118. The number of aliphatic hydroxyl groups is 2. The molecule has 3 atom stereocenters. The van der Waals surface area contributed by atoms with Crippen LogP contribution in [0.1, 0.15) is 38.3 Å². The monoisotopic (exact) mass is 552 g/mol. The molecular weight excluding hydrogens is 520 g/mol. The summed E-state index contributed by atoms with van der Waals surface area (Å²) in [7, 11) is 0. The van der Waals surface area contributed by atoms with Crippen molar-refractivity contribution in [2.45, 2.75) is 31.3 Å². The molecule has 4 rings (SSSR count). The van der Waals surface area contributed by atoms with Crippen molar-refractivity contribution in [2.24, 2.45) is 0 Å². The Bertz CT molecular complexity index is 1260. The Morgan fingerprint density at radius 2 is 1.80 bits per heavy atom. The van der Waals surface area contributed by atoms with Crippen molar-refractivity contribution < 1.29 is 43.5 Å². The zero-order chi connectivity index (χ0) is 28.3. The van der Waals surface area contributed by atoms with Crippen LogP contribution in [0, 0.1) is 0 Å². The molecule has 11 heteroatoms. The Labute approximate surface area is 231 Å². The van der Waals surface area contributed by atoms with E-state index in [2.05, 4.69) is 10.6 Å². The molecule has 2 aromatic rings. The van der Waals surface area contributed by atoms with Crippen LogP contribution < -0.4 is 10.6 Å². The Kier molecular flexibility index (Phi) is 10.4. The molecular formula is C29H32N2O9. The summed E-state index contributed by atoms with van der Waals surface area (Å²) >= 11 is 0. The Balaban J connectivity index is 1.38. The van der Waals surface area contributed by atoms with Crippen molar-refractivity contribution in [1.29, 1.82) is 0 Å². The molecule has 11 nitrogen and oxygen atoms in total. The molecule has 1 fully saturated rings. The van der Waals surface area contributed by atoms with Gasteiger partial charge in [-0.25, -0.2) is 4.79 Å². The second kappa shape index (κ2) is 14.4. The van der Waals surface area contributed by atoms with Gasteiger partial charge < -0.3 is 39.8 Å². The highest BCUT2D eigenvalue weighted by molar-refractivity contribution is 5.95. The largest absolute Gasteiger partial charge is 0.499 e. The van der Waals surface area contributed by atoms with Crippen molar-refractivity contribution in [3.63, 3.8) is 0 Å². The lowest BCUT2D eigenvalue weighted by Crippen LogP contribution is -2.43. The van der Waals surface area contributed by atoms with E-state index in [4.69, 9.17) is 29.2 Å². The molecule has 2 aromatic carbocycles. The molecule has 1 aliphatic heterocycles. The summed E-state index contributed by atoms with van der Waals surface area (Å²) in [6.45, 7) is 0.260. The summed E-state index contributed by atoms with van der Waals surface area (Å²) in [5.41, 5.74) is 2.57. The van der Waals surface area contributed by atoms with Crippen LogP contribution >= 0.6 is 0 Å². The van der Waals surface area contributed by atoms with E-state index in [-0.39, 0.29) is 57.9 Å². The summed E-state index contributed by atoms with van der Waals surface area (Å²) in [5, 5.41) is 23.1. The number of hydrogen-bond donors (Lipinski definition) is 4. The fourth-order valence-electron chi connectivity index (χ4n) is 4.34. The number of nitrogens with one attached hydrogen (secondary N) is 2. The number of ether oxygens (including phenoxy) is 4. The molecule has 0 radical (unpaired) electrons. The summed E-state index contributed by atoms with van der Waals surface area (Å²) in [5.74, 6) is -1.23. The van der Waals surface area contributed by atoms with Crippen molar-refractivity contribution in [1.82, 2.24) is 10.6 Å². The first-order chi connectivity index (χ1) is 19.5. The SMILES string of the molecule is O=C(NCc1cccc(C(=O)NCCO)c1)C1=CC2OCOC2C(OC(=O)c2cccc(C=COCCO)c2)C1. The topological polar surface area (TPSA) is 153 Å². The van der Waals surface area contributed by atoms with E-state index in [1.807, 2.05) is 0 Å². The molecule has 1 heterocycles. The minimum atomic E-state index is -0.739. The molecule has 212 valence electrons. The summed E-state index contributed by atoms with van der Waals surface area (Å²) in [6, 6.07) is 13.6. The summed E-state index contributed by atoms with van der Waals surface area (Å²) in [4.78, 5) is 38.2. The molecule has 40 heavy (non-hydrogen) atoms. The van der Waals surface area contributed by atoms with Crippen LogP contribution in [-0.2, 0) is 30.3 Å². The van der Waals surface area contributed by atoms with Crippen molar-refractivity contribution >= 4 is 23.9 Å². The van der Waals surface area contributed by atoms with E-state index in [1.54, 1.807) is 60.7 Å². The minimum absolute atomic E-state index is 0.0219. The number of hydrogen-bond acceptors (Lipinski definition) is 9. The highest BCUT2D eigenvalue weighted by Crippen LogP contribution is 2.31. The second-order valence-corrected chi connectivity index (χ2v) is 9.11. The van der Waals surface area contributed by atoms with Crippen LogP contribution in [0.5, 0.6) is 0 Å². The maximum absolute atomic E-state index is 13.1. The molecule has 2 aliphatic rings. The maximum Gasteiger partial charge on any atom is 0.338 e. The number of carbonyl (C=O) groups is 3. The molecule has 0 saturated carbocycles. The molecule has 4 N–H and O–H groups in total. The van der Waals surface area contributed by atoms with Gasteiger partial charge in [0.2, 0.25) is 5.91 Å². The van der Waals surface area contributed by atoms with Gasteiger partial charge in [0.05, 0.1) is 25.0 Å². The Morgan fingerprint density at radius 3 is 2.62 bits per heavy atom. The van der Waals surface area contributed by atoms with E-state index in [9.17, 15) is 14.4 Å². The number of fused-ring (bicyclic) bond motifs is 1. The second-order valence-electron chi connectivity index (χ2n) is 9.11. The van der Waals surface area contributed by atoms with Crippen LogP contribution in [-0.4, -0.2) is 79.5 Å². The number of carbonyl (C=O) groups excluding carboxylic acids is 3. The smallest absolute Gasteiger partial charge is 0.338 e. The van der Waals surface area contributed by atoms with Gasteiger partial charge in [0.25, 0.3) is 5.91 Å². The standard InChI is InChI=1S/C29H32N2O9/c32-9-8-30-27(34)21-5-2-4-20(14-21)17-31-28(35)23-15-24-26(39-18-38-24)25(16-23)40-29(36)22-6-1-3-19(13-22)7-11-37-12-10-33/h1-7,11,13-15,24-26,32-33H,8-10,12,16-18H2,(H,30,34)(H,31,35). The maximum atomic E-state index is 13.1. The number of amides is 2. The van der Waals surface area contributed by atoms with Gasteiger partial charge in [-0.2, -0.15) is 0 Å². The lowest BCUT2D eigenvalue weighted by Gasteiger charge is -2.30. The van der Waals surface area contributed by atoms with Gasteiger partial charge in [-0.3, -0.25) is 9.59 Å². The quantitative estimate of drug-likeness (QED) is 0.173. The lowest BCUT2D eigenvalue weighted by atomic mass is 9.91. The van der Waals surface area contributed by atoms with E-state index in [0.29, 0.717) is 22.3 Å². The van der Waals surface area contributed by atoms with E-state index >= 15 is 0 Å². The first-order valence-corrected chi connectivity index (χ1v) is 12.9. The molecule has 0 bridgehead atoms. The molecule has 1 aliphatic carbocycles. The fraction of sp³-hybridized carbons (Fsp3) is 0.345. The highest BCUT2D eigenvalue weighted by Gasteiger charge is 2.42. The average molecular weight is 553 g/mol. The number of benzene rings is 2. The number of rotatable bonds is 12. The van der Waals surface area contributed by atoms with Crippen molar-refractivity contribution in [3.8, 4) is 0 Å². The first-order valence-electron chi connectivity index (χ1n) is 12.9. The third-order valence-corrected chi connectivity index (χ3v) is 6.28. The van der Waals surface area contributed by atoms with Gasteiger partial charge in [0.15, 0.2) is 0 Å². The van der Waals surface area contributed by atoms with Crippen LogP contribution in [0.25, 0.3) is 6.08 Å². The Hall–Kier alpha value is -4.03. The zero-order valence-electron chi connectivity index (χ0n) is 21.8. The van der Waals surface area contributed by atoms with Gasteiger partial charge in [-0.15, -0.1) is 0 Å². The molecule has 1 saturated heterocycles. The number of aliphatic hydroxyl groups excluding tert-OH is 2. The third-order valence-electron chi connectivity index (χ3n) is 6.28. The summed E-state index contributed by atoms with van der Waals surface area (Å²) < 4.78 is 22.2. The zero-order valence-corrected chi connectivity index (χ0v) is 21.8. The van der Waals surface area contributed by atoms with Crippen LogP contribution in [0.15, 0.2) is 66.4 Å². The van der Waals surface area contributed by atoms with Gasteiger partial charge in [0, 0.05) is 30.6 Å². The van der Waals surface area contributed by atoms with Crippen LogP contribution in [0.2, 0.25) is 0 Å². The van der Waals surface area contributed by atoms with E-state index in [1.165, 1.54) is 6.26 Å². The molecule has 2 amide bonds.